The molecule has 1 aromatic heterocycles. The minimum atomic E-state index is -0.778. The van der Waals surface area contributed by atoms with Gasteiger partial charge in [-0.15, -0.1) is 0 Å². The molecule has 3 N–H and O–H groups in total. The number of hydrogen-bond acceptors (Lipinski definition) is 15. The van der Waals surface area contributed by atoms with Gasteiger partial charge in [0.25, 0.3) is 11.8 Å². The number of carbonyl (C=O) groups is 7. The first-order valence-electron chi connectivity index (χ1n) is 39.9. The molecule has 1 aliphatic carbocycles. The molecule has 2 heterocycles. The Kier molecular flexibility index (Phi) is 30.7. The monoisotopic (exact) mass is 1570 g/mol. The van der Waals surface area contributed by atoms with Gasteiger partial charge in [-0.25, -0.2) is 14.2 Å². The van der Waals surface area contributed by atoms with Gasteiger partial charge in [-0.1, -0.05) is 194 Å². The Morgan fingerprint density at radius 1 is 0.431 bits per heavy atom. The Bertz CT molecular complexity index is 4960. The van der Waals surface area contributed by atoms with Crippen molar-refractivity contribution in [3.8, 4) is 23.0 Å². The molecule has 1 aliphatic heterocycles. The number of aromatic nitrogens is 1. The van der Waals surface area contributed by atoms with E-state index in [4.69, 9.17) is 28.5 Å². The van der Waals surface area contributed by atoms with Crippen molar-refractivity contribution in [2.24, 2.45) is 0 Å². The topological polar surface area (TPSA) is 246 Å². The van der Waals surface area contributed by atoms with Crippen molar-refractivity contribution >= 4 is 58.0 Å². The van der Waals surface area contributed by atoms with Crippen molar-refractivity contribution in [2.45, 2.75) is 123 Å². The third-order valence-electron chi connectivity index (χ3n) is 20.2. The number of para-hydroxylation sites is 2. The summed E-state index contributed by atoms with van der Waals surface area (Å²) in [7, 11) is 0. The molecule has 22 nitrogen and oxygen atoms in total. The number of halogens is 1. The van der Waals surface area contributed by atoms with E-state index in [-0.39, 0.29) is 168 Å². The van der Waals surface area contributed by atoms with Crippen molar-refractivity contribution in [2.75, 3.05) is 70.3 Å². The number of pyridine rings is 1. The van der Waals surface area contributed by atoms with Crippen LogP contribution in [0.5, 0.6) is 23.0 Å². The van der Waals surface area contributed by atoms with Crippen LogP contribution in [0.25, 0.3) is 10.9 Å². The lowest BCUT2D eigenvalue weighted by Gasteiger charge is -2.36. The molecule has 0 unspecified atom stereocenters. The molecule has 0 bridgehead atoms. The SMILES string of the molecule is O=C(CCC(=O)N(CCCCNC(=O)c1cccc(OCc2ccccc2)c1OCc1ccccc1)CCCNC(=O)c1cccc(OCc2ccccc2)c1OCc1ccccc1)NCCCCCN(OCc1ccccc1)C(=O)CCC(=O)N1CCN(c2cc3c(cc2F)c(=O)c(C(=O)OCc2ccccc2)cn3C2CC2)CC1. The molecule has 6 amide bonds. The normalized spacial score (nSPS) is 12.5. The molecule has 0 atom stereocenters. The fourth-order valence-corrected chi connectivity index (χ4v) is 13.6. The van der Waals surface area contributed by atoms with E-state index < -0.39 is 17.2 Å². The van der Waals surface area contributed by atoms with Crippen LogP contribution >= 0.6 is 0 Å². The molecule has 1 saturated heterocycles. The number of nitrogens with one attached hydrogen (secondary N) is 3. The second-order valence-corrected chi connectivity index (χ2v) is 28.7. The van der Waals surface area contributed by atoms with Crippen molar-refractivity contribution in [1.82, 2.24) is 35.4 Å². The maximum Gasteiger partial charge on any atom is 0.343 e. The van der Waals surface area contributed by atoms with E-state index in [0.717, 1.165) is 46.2 Å². The quantitative estimate of drug-likeness (QED) is 0.0183. The predicted molar refractivity (Wildman–Crippen MR) is 440 cm³/mol. The zero-order valence-corrected chi connectivity index (χ0v) is 65.2. The largest absolute Gasteiger partial charge is 0.485 e. The van der Waals surface area contributed by atoms with Gasteiger partial charge < -0.3 is 58.9 Å². The third-order valence-corrected chi connectivity index (χ3v) is 20.2. The number of carbonyl (C=O) groups excluding carboxylic acids is 7. The van der Waals surface area contributed by atoms with Gasteiger partial charge >= 0.3 is 5.97 Å². The second kappa shape index (κ2) is 43.0. The van der Waals surface area contributed by atoms with E-state index in [0.29, 0.717) is 98.8 Å². The average Bonchev–Trinajstić information content (AvgIpc) is 1.36. The third kappa shape index (κ3) is 24.5. The summed E-state index contributed by atoms with van der Waals surface area (Å²) >= 11 is 0. The molecule has 2 fully saturated rings. The molecule has 0 radical (unpaired) electrons. The van der Waals surface area contributed by atoms with Gasteiger partial charge in [-0.2, -0.15) is 0 Å². The Balaban J connectivity index is 0.618. The fourth-order valence-electron chi connectivity index (χ4n) is 13.6. The van der Waals surface area contributed by atoms with Gasteiger partial charge in [0.2, 0.25) is 29.1 Å². The Hall–Kier alpha value is -12.6. The van der Waals surface area contributed by atoms with Crippen LogP contribution in [0.3, 0.4) is 0 Å². The predicted octanol–water partition coefficient (Wildman–Crippen LogP) is 14.5. The molecular weight excluding hydrogens is 1470 g/mol. The number of nitrogens with zero attached hydrogens (tertiary/aromatic N) is 5. The number of hydroxylamine groups is 2. The number of piperazine rings is 1. The van der Waals surface area contributed by atoms with Crippen molar-refractivity contribution in [3.05, 3.63) is 303 Å². The molecule has 23 heteroatoms. The first kappa shape index (κ1) is 82.8. The van der Waals surface area contributed by atoms with Crippen LogP contribution in [-0.2, 0) is 68.4 Å². The number of benzene rings is 9. The maximum absolute atomic E-state index is 16.2. The molecule has 0 spiro atoms. The van der Waals surface area contributed by atoms with Crippen LogP contribution in [0.1, 0.15) is 148 Å². The summed E-state index contributed by atoms with van der Waals surface area (Å²) in [6, 6.07) is 70.6. The summed E-state index contributed by atoms with van der Waals surface area (Å²) in [5, 5.41) is 10.4. The van der Waals surface area contributed by atoms with Crippen molar-refractivity contribution in [3.63, 3.8) is 0 Å². The van der Waals surface area contributed by atoms with E-state index in [2.05, 4.69) is 16.0 Å². The molecule has 9 aromatic carbocycles. The zero-order valence-electron chi connectivity index (χ0n) is 65.2. The number of unbranched alkanes of at least 4 members (excludes halogenated alkanes) is 3. The van der Waals surface area contributed by atoms with E-state index in [1.54, 1.807) is 52.3 Å². The summed E-state index contributed by atoms with van der Waals surface area (Å²) in [6.45, 7) is 3.78. The Morgan fingerprint density at radius 2 is 0.888 bits per heavy atom. The summed E-state index contributed by atoms with van der Waals surface area (Å²) in [6.07, 6.45) is 5.96. The van der Waals surface area contributed by atoms with Crippen LogP contribution in [-0.4, -0.2) is 126 Å². The van der Waals surface area contributed by atoms with Crippen molar-refractivity contribution < 1.29 is 66.5 Å². The Morgan fingerprint density at radius 3 is 1.41 bits per heavy atom. The van der Waals surface area contributed by atoms with E-state index in [1.165, 1.54) is 17.3 Å². The van der Waals surface area contributed by atoms with Crippen molar-refractivity contribution in [1.29, 1.82) is 0 Å². The molecule has 1 saturated carbocycles. The minimum Gasteiger partial charge on any atom is -0.485 e. The number of rotatable bonds is 43. The highest BCUT2D eigenvalue weighted by atomic mass is 19.1. The highest BCUT2D eigenvalue weighted by Gasteiger charge is 2.31. The van der Waals surface area contributed by atoms with Gasteiger partial charge in [-0.3, -0.25) is 38.4 Å². The summed E-state index contributed by atoms with van der Waals surface area (Å²) in [5.41, 5.74) is 5.97. The molecule has 116 heavy (non-hydrogen) atoms. The zero-order chi connectivity index (χ0) is 80.6. The average molecular weight is 1570 g/mol. The first-order chi connectivity index (χ1) is 56.8. The summed E-state index contributed by atoms with van der Waals surface area (Å²) in [4.78, 5) is 122. The number of amides is 6. The lowest BCUT2D eigenvalue weighted by molar-refractivity contribution is -0.192. The van der Waals surface area contributed by atoms with Crippen LogP contribution in [0, 0.1) is 5.82 Å². The van der Waals surface area contributed by atoms with E-state index >= 15 is 4.39 Å². The van der Waals surface area contributed by atoms with E-state index in [1.807, 2.05) is 191 Å². The van der Waals surface area contributed by atoms with Crippen LogP contribution in [0.15, 0.2) is 242 Å². The molecule has 10 aromatic rings. The van der Waals surface area contributed by atoms with E-state index in [9.17, 15) is 38.4 Å². The number of esters is 1. The molecule has 2 aliphatic rings. The summed E-state index contributed by atoms with van der Waals surface area (Å²) in [5.74, 6) is -1.84. The lowest BCUT2D eigenvalue weighted by atomic mass is 10.1. The first-order valence-corrected chi connectivity index (χ1v) is 39.9. The van der Waals surface area contributed by atoms with Gasteiger partial charge in [-0.05, 0) is 121 Å². The minimum absolute atomic E-state index is 0.0148. The number of hydrogen-bond donors (Lipinski definition) is 3. The van der Waals surface area contributed by atoms with Crippen LogP contribution < -0.4 is 45.2 Å². The molecule has 12 rings (SSSR count). The highest BCUT2D eigenvalue weighted by molar-refractivity contribution is 5.99. The fraction of sp³-hybridized carbons (Fsp3) is 0.312. The second-order valence-electron chi connectivity index (χ2n) is 28.7. The lowest BCUT2D eigenvalue weighted by Crippen LogP contribution is -2.49. The maximum atomic E-state index is 16.2. The molecular formula is C93H99FN8O14. The van der Waals surface area contributed by atoms with Crippen LogP contribution in [0.4, 0.5) is 10.1 Å². The number of anilines is 1. The van der Waals surface area contributed by atoms with Gasteiger partial charge in [0.1, 0.15) is 51.0 Å². The smallest absolute Gasteiger partial charge is 0.343 e. The van der Waals surface area contributed by atoms with Gasteiger partial charge in [0.15, 0.2) is 23.0 Å². The van der Waals surface area contributed by atoms with Gasteiger partial charge in [0.05, 0.1) is 22.3 Å². The number of fused-ring (bicyclic) bond motifs is 1. The van der Waals surface area contributed by atoms with Crippen LogP contribution in [0.2, 0.25) is 0 Å². The highest BCUT2D eigenvalue weighted by Crippen LogP contribution is 2.39. The number of ether oxygens (including phenoxy) is 5. The summed E-state index contributed by atoms with van der Waals surface area (Å²) < 4.78 is 48.7. The van der Waals surface area contributed by atoms with Gasteiger partial charge in [0, 0.05) is 109 Å². The Labute approximate surface area is 675 Å². The standard InChI is InChI=1S/C93H99FN8O14/c94-79-59-77-80(101(74-43-44-74)61-78(88(77)107)93(110)115-66-72-35-16-5-17-36-72)60-81(79)98-55-57-100(58-56-98)86(105)47-48-87(106)102(116-67-73-37-18-6-19-38-73)54-22-7-20-49-95-84(103)45-46-85(104)99(53-26-51-97-92(109)76-40-25-42-83(112-63-69-29-10-2-11-30-69)90(76)114-65-71-33-14-4-15-34-71)52-23-21-50-96-91(108)75-39-24-41-82(111-62-68-27-8-1-9-28-68)89(75)113-64-70-31-12-3-13-32-70/h1-6,8-19,24-25,27-42,59-61,74H,7,20-23,26,43-58,62-67H2,(H,95,103)(H,96,108)(H,97,109). The molecule has 602 valence electrons.